The van der Waals surface area contributed by atoms with Crippen molar-refractivity contribution >= 4 is 11.7 Å². The number of likely N-dealkylation sites (N-methyl/N-ethyl adjacent to an activating group) is 1. The topological polar surface area (TPSA) is 70.7 Å². The highest BCUT2D eigenvalue weighted by atomic mass is 19.4. The molecule has 2 rings (SSSR count). The number of amides is 1. The number of carbonyl (C=O) groups is 1. The number of carbonyl (C=O) groups excluding carboxylic acids is 1. The first-order valence-corrected chi connectivity index (χ1v) is 7.86. The van der Waals surface area contributed by atoms with Crippen LogP contribution >= 0.6 is 0 Å². The fourth-order valence-electron chi connectivity index (χ4n) is 2.97. The molecule has 1 aromatic rings. The predicted molar refractivity (Wildman–Crippen MR) is 89.8 cm³/mol. The molecule has 0 spiro atoms. The number of hydrogen-bond donors (Lipinski definition) is 2. The van der Waals surface area contributed by atoms with E-state index in [9.17, 15) is 18.0 Å². The minimum atomic E-state index is -4.71. The van der Waals surface area contributed by atoms with Crippen LogP contribution in [0.4, 0.5) is 13.2 Å². The molecule has 0 bridgehead atoms. The van der Waals surface area contributed by atoms with Gasteiger partial charge in [0.15, 0.2) is 0 Å². The molecule has 0 aliphatic carbocycles. The summed E-state index contributed by atoms with van der Waals surface area (Å²) in [6.07, 6.45) is -1.34. The zero-order chi connectivity index (χ0) is 18.5. The molecular weight excluding hydrogens is 333 g/mol. The van der Waals surface area contributed by atoms with Crippen LogP contribution in [0.2, 0.25) is 0 Å². The van der Waals surface area contributed by atoms with Crippen molar-refractivity contribution in [2.75, 3.05) is 20.1 Å². The quantitative estimate of drug-likeness (QED) is 0.495. The summed E-state index contributed by atoms with van der Waals surface area (Å²) in [4.78, 5) is 17.4. The number of rotatable bonds is 4. The summed E-state index contributed by atoms with van der Waals surface area (Å²) in [6, 6.07) is 9.54. The molecule has 1 saturated heterocycles. The smallest absolute Gasteiger partial charge is 0.380 e. The van der Waals surface area contributed by atoms with E-state index >= 15 is 0 Å². The zero-order valence-corrected chi connectivity index (χ0v) is 13.9. The first kappa shape index (κ1) is 19.0. The van der Waals surface area contributed by atoms with Gasteiger partial charge in [-0.25, -0.2) is 4.99 Å². The molecule has 5 nitrogen and oxygen atoms in total. The van der Waals surface area contributed by atoms with Gasteiger partial charge in [0.05, 0.1) is 5.54 Å². The van der Waals surface area contributed by atoms with E-state index in [4.69, 9.17) is 5.73 Å². The molecule has 1 fully saturated rings. The van der Waals surface area contributed by atoms with E-state index in [0.29, 0.717) is 6.54 Å². The number of likely N-dealkylation sites (tertiary alicyclic amines) is 1. The Morgan fingerprint density at radius 2 is 2.04 bits per heavy atom. The number of nitrogens with one attached hydrogen (secondary N) is 1. The Morgan fingerprint density at radius 1 is 1.36 bits per heavy atom. The number of piperidine rings is 1. The molecule has 1 aromatic carbocycles. The van der Waals surface area contributed by atoms with Gasteiger partial charge in [0.25, 0.3) is 0 Å². The van der Waals surface area contributed by atoms with Crippen LogP contribution in [-0.4, -0.2) is 43.0 Å². The molecule has 0 saturated carbocycles. The summed E-state index contributed by atoms with van der Waals surface area (Å²) in [5.74, 6) is -2.01. The Balaban J connectivity index is 2.16. The largest absolute Gasteiger partial charge is 0.448 e. The summed E-state index contributed by atoms with van der Waals surface area (Å²) in [6.45, 7) is 1.54. The fourth-order valence-corrected chi connectivity index (χ4v) is 2.97. The number of nitrogens with zero attached hydrogens (tertiary/aromatic N) is 2. The van der Waals surface area contributed by atoms with Crippen LogP contribution in [0, 0.1) is 0 Å². The third-order valence-corrected chi connectivity index (χ3v) is 4.10. The SMILES string of the molecule is CN1CCCC(NC(=O)/C=C/N=C(N)C(F)(F)F)(c2ccccc2)C1. The molecule has 1 aliphatic rings. The van der Waals surface area contributed by atoms with Crippen LogP contribution in [0.5, 0.6) is 0 Å². The van der Waals surface area contributed by atoms with Crippen LogP contribution in [0.1, 0.15) is 18.4 Å². The monoisotopic (exact) mass is 354 g/mol. The minimum Gasteiger partial charge on any atom is -0.380 e. The maximum absolute atomic E-state index is 12.3. The molecule has 3 N–H and O–H groups in total. The molecule has 1 unspecified atom stereocenters. The number of benzene rings is 1. The third-order valence-electron chi connectivity index (χ3n) is 4.10. The number of amidine groups is 1. The molecule has 0 aromatic heterocycles. The van der Waals surface area contributed by atoms with Gasteiger partial charge in [-0.3, -0.25) is 4.79 Å². The molecule has 1 aliphatic heterocycles. The molecule has 1 amide bonds. The van der Waals surface area contributed by atoms with Gasteiger partial charge < -0.3 is 16.0 Å². The summed E-state index contributed by atoms with van der Waals surface area (Å²) >= 11 is 0. The first-order chi connectivity index (χ1) is 11.7. The highest BCUT2D eigenvalue weighted by molar-refractivity contribution is 5.90. The second-order valence-corrected chi connectivity index (χ2v) is 6.11. The lowest BCUT2D eigenvalue weighted by atomic mass is 9.82. The van der Waals surface area contributed by atoms with Gasteiger partial charge in [-0.2, -0.15) is 13.2 Å². The van der Waals surface area contributed by atoms with Gasteiger partial charge in [0, 0.05) is 18.8 Å². The second-order valence-electron chi connectivity index (χ2n) is 6.11. The van der Waals surface area contributed by atoms with Crippen LogP contribution in [0.25, 0.3) is 0 Å². The predicted octanol–water partition coefficient (Wildman–Crippen LogP) is 2.16. The lowest BCUT2D eigenvalue weighted by molar-refractivity contribution is -0.119. The zero-order valence-electron chi connectivity index (χ0n) is 13.9. The number of aliphatic imine (C=N–C) groups is 1. The van der Waals surface area contributed by atoms with Gasteiger partial charge in [-0.1, -0.05) is 30.3 Å². The average molecular weight is 354 g/mol. The summed E-state index contributed by atoms with van der Waals surface area (Å²) in [5, 5.41) is 2.93. The van der Waals surface area contributed by atoms with Crippen molar-refractivity contribution in [2.45, 2.75) is 24.6 Å². The van der Waals surface area contributed by atoms with Gasteiger partial charge in [0.1, 0.15) is 0 Å². The number of alkyl halides is 3. The van der Waals surface area contributed by atoms with Gasteiger partial charge in [-0.15, -0.1) is 0 Å². The molecular formula is C17H21F3N4O. The maximum Gasteiger partial charge on any atom is 0.448 e. The summed E-state index contributed by atoms with van der Waals surface area (Å²) < 4.78 is 36.8. The summed E-state index contributed by atoms with van der Waals surface area (Å²) in [7, 11) is 1.97. The van der Waals surface area contributed by atoms with Crippen LogP contribution in [-0.2, 0) is 10.3 Å². The Labute approximate surface area is 144 Å². The van der Waals surface area contributed by atoms with Gasteiger partial charge in [0.2, 0.25) is 11.7 Å². The lowest BCUT2D eigenvalue weighted by Gasteiger charge is -2.42. The standard InChI is InChI=1S/C17H21F3N4O/c1-24-11-5-9-16(12-24,13-6-3-2-4-7-13)23-14(25)8-10-22-15(21)17(18,19)20/h2-4,6-8,10H,5,9,11-12H2,1H3,(H2,21,22)(H,23,25)/b10-8+. The van der Waals surface area contributed by atoms with Crippen molar-refractivity contribution in [1.82, 2.24) is 10.2 Å². The fraction of sp³-hybridized carbons (Fsp3) is 0.412. The molecule has 136 valence electrons. The van der Waals surface area contributed by atoms with E-state index < -0.39 is 23.5 Å². The second kappa shape index (κ2) is 7.69. The average Bonchev–Trinajstić information content (AvgIpc) is 2.54. The van der Waals surface area contributed by atoms with E-state index in [1.165, 1.54) is 0 Å². The normalized spacial score (nSPS) is 23.0. The van der Waals surface area contributed by atoms with Crippen molar-refractivity contribution in [1.29, 1.82) is 0 Å². The van der Waals surface area contributed by atoms with E-state index in [-0.39, 0.29) is 0 Å². The maximum atomic E-state index is 12.3. The van der Waals surface area contributed by atoms with Gasteiger partial charge in [-0.05, 0) is 32.0 Å². The van der Waals surface area contributed by atoms with E-state index in [1.807, 2.05) is 37.4 Å². The minimum absolute atomic E-state index is 0.516. The number of nitrogens with two attached hydrogens (primary N) is 1. The molecule has 1 heterocycles. The van der Waals surface area contributed by atoms with Crippen LogP contribution in [0.3, 0.4) is 0 Å². The molecule has 1 atom stereocenters. The van der Waals surface area contributed by atoms with Gasteiger partial charge >= 0.3 is 6.18 Å². The van der Waals surface area contributed by atoms with Crippen molar-refractivity contribution in [2.24, 2.45) is 10.7 Å². The van der Waals surface area contributed by atoms with Crippen molar-refractivity contribution in [3.8, 4) is 0 Å². The molecule has 25 heavy (non-hydrogen) atoms. The van der Waals surface area contributed by atoms with Crippen molar-refractivity contribution in [3.63, 3.8) is 0 Å². The van der Waals surface area contributed by atoms with Crippen LogP contribution < -0.4 is 11.1 Å². The third kappa shape index (κ3) is 5.06. The van der Waals surface area contributed by atoms with Crippen molar-refractivity contribution in [3.05, 3.63) is 48.2 Å². The lowest BCUT2D eigenvalue weighted by Crippen LogP contribution is -2.55. The Bertz CT molecular complexity index is 658. The van der Waals surface area contributed by atoms with E-state index in [2.05, 4.69) is 15.2 Å². The Hall–Kier alpha value is -2.35. The Morgan fingerprint density at radius 3 is 2.64 bits per heavy atom. The first-order valence-electron chi connectivity index (χ1n) is 7.86. The van der Waals surface area contributed by atoms with Crippen molar-refractivity contribution < 1.29 is 18.0 Å². The Kier molecular flexibility index (Phi) is 5.84. The number of hydrogen-bond acceptors (Lipinski definition) is 3. The summed E-state index contributed by atoms with van der Waals surface area (Å²) in [5.41, 5.74) is 5.16. The van der Waals surface area contributed by atoms with Crippen LogP contribution in [0.15, 0.2) is 47.6 Å². The molecule has 8 heteroatoms. The highest BCUT2D eigenvalue weighted by Crippen LogP contribution is 2.31. The molecule has 0 radical (unpaired) electrons. The van der Waals surface area contributed by atoms with E-state index in [0.717, 1.165) is 37.2 Å². The number of halogens is 3. The van der Waals surface area contributed by atoms with E-state index in [1.54, 1.807) is 0 Å². The highest BCUT2D eigenvalue weighted by Gasteiger charge is 2.37.